The summed E-state index contributed by atoms with van der Waals surface area (Å²) in [6.07, 6.45) is 0.733. The van der Waals surface area contributed by atoms with E-state index in [1.54, 1.807) is 14.0 Å². The summed E-state index contributed by atoms with van der Waals surface area (Å²) in [6.45, 7) is 3.50. The van der Waals surface area contributed by atoms with E-state index in [1.165, 1.54) is 12.1 Å². The van der Waals surface area contributed by atoms with Crippen molar-refractivity contribution in [1.82, 2.24) is 15.5 Å². The van der Waals surface area contributed by atoms with Crippen molar-refractivity contribution < 1.29 is 13.2 Å². The van der Waals surface area contributed by atoms with Crippen molar-refractivity contribution in [2.24, 2.45) is 0 Å². The fourth-order valence-electron chi connectivity index (χ4n) is 1.83. The van der Waals surface area contributed by atoms with Crippen molar-refractivity contribution in [3.63, 3.8) is 0 Å². The molecular weight excluding hydrogens is 252 g/mol. The van der Waals surface area contributed by atoms with Gasteiger partial charge in [0.2, 0.25) is 5.89 Å². The zero-order valence-electron chi connectivity index (χ0n) is 11.0. The van der Waals surface area contributed by atoms with Crippen molar-refractivity contribution in [3.05, 3.63) is 35.2 Å². The van der Waals surface area contributed by atoms with Gasteiger partial charge in [0, 0.05) is 0 Å². The molecule has 1 aromatic heterocycles. The predicted molar refractivity (Wildman–Crippen MR) is 66.5 cm³/mol. The van der Waals surface area contributed by atoms with Crippen molar-refractivity contribution in [1.29, 1.82) is 0 Å². The molecule has 0 spiro atoms. The van der Waals surface area contributed by atoms with E-state index in [1.807, 2.05) is 6.92 Å². The van der Waals surface area contributed by atoms with Crippen molar-refractivity contribution in [2.45, 2.75) is 26.3 Å². The van der Waals surface area contributed by atoms with Gasteiger partial charge in [-0.2, -0.15) is 0 Å². The van der Waals surface area contributed by atoms with Gasteiger partial charge < -0.3 is 9.73 Å². The second-order valence-corrected chi connectivity index (χ2v) is 4.25. The number of aromatic nitrogens is 2. The Bertz CT molecular complexity index is 579. The van der Waals surface area contributed by atoms with Gasteiger partial charge in [0.05, 0.1) is 6.04 Å². The topological polar surface area (TPSA) is 51.0 Å². The van der Waals surface area contributed by atoms with Crippen LogP contribution < -0.4 is 5.32 Å². The van der Waals surface area contributed by atoms with Crippen molar-refractivity contribution in [3.8, 4) is 11.5 Å². The molecule has 6 heteroatoms. The Morgan fingerprint density at radius 1 is 1.32 bits per heavy atom. The van der Waals surface area contributed by atoms with Crippen LogP contribution in [0, 0.1) is 18.6 Å². The minimum atomic E-state index is -0.712. The minimum Gasteiger partial charge on any atom is -0.419 e. The molecular formula is C13H15F2N3O. The molecule has 0 saturated carbocycles. The molecule has 0 radical (unpaired) electrons. The first-order chi connectivity index (χ1) is 9.08. The molecule has 0 aliphatic rings. The van der Waals surface area contributed by atoms with E-state index in [0.29, 0.717) is 11.5 Å². The van der Waals surface area contributed by atoms with Gasteiger partial charge in [0.25, 0.3) is 5.89 Å². The highest BCUT2D eigenvalue weighted by Crippen LogP contribution is 2.28. The zero-order chi connectivity index (χ0) is 14.0. The number of nitrogens with one attached hydrogen (secondary N) is 1. The van der Waals surface area contributed by atoms with Gasteiger partial charge in [-0.1, -0.05) is 13.0 Å². The first-order valence-corrected chi connectivity index (χ1v) is 6.04. The maximum absolute atomic E-state index is 13.9. The van der Waals surface area contributed by atoms with E-state index in [0.717, 1.165) is 6.42 Å². The molecule has 1 N–H and O–H groups in total. The average Bonchev–Trinajstić information content (AvgIpc) is 2.85. The third-order valence-corrected chi connectivity index (χ3v) is 2.99. The highest BCUT2D eigenvalue weighted by molar-refractivity contribution is 5.56. The molecule has 0 saturated heterocycles. The Kier molecular flexibility index (Phi) is 3.90. The summed E-state index contributed by atoms with van der Waals surface area (Å²) < 4.78 is 33.0. The van der Waals surface area contributed by atoms with Crippen LogP contribution in [0.5, 0.6) is 0 Å². The molecule has 1 heterocycles. The first kappa shape index (κ1) is 13.6. The fraction of sp³-hybridized carbons (Fsp3) is 0.385. The smallest absolute Gasteiger partial charge is 0.253 e. The number of benzene rings is 1. The van der Waals surface area contributed by atoms with Gasteiger partial charge in [0.15, 0.2) is 0 Å². The van der Waals surface area contributed by atoms with Gasteiger partial charge in [-0.3, -0.25) is 0 Å². The van der Waals surface area contributed by atoms with Crippen LogP contribution >= 0.6 is 0 Å². The lowest BCUT2D eigenvalue weighted by Gasteiger charge is -2.07. The summed E-state index contributed by atoms with van der Waals surface area (Å²) >= 11 is 0. The number of halogens is 2. The monoisotopic (exact) mass is 267 g/mol. The number of aryl methyl sites for hydroxylation is 1. The number of rotatable bonds is 4. The maximum atomic E-state index is 13.9. The zero-order valence-corrected chi connectivity index (χ0v) is 11.0. The summed E-state index contributed by atoms with van der Waals surface area (Å²) in [5, 5.41) is 10.6. The summed E-state index contributed by atoms with van der Waals surface area (Å²) in [6, 6.07) is 2.43. The van der Waals surface area contributed by atoms with E-state index in [9.17, 15) is 8.78 Å². The van der Waals surface area contributed by atoms with Crippen molar-refractivity contribution in [2.75, 3.05) is 7.05 Å². The second-order valence-electron chi connectivity index (χ2n) is 4.25. The lowest BCUT2D eigenvalue weighted by molar-refractivity contribution is 0.412. The summed E-state index contributed by atoms with van der Waals surface area (Å²) in [4.78, 5) is 0. The molecule has 0 aliphatic carbocycles. The largest absolute Gasteiger partial charge is 0.419 e. The van der Waals surface area contributed by atoms with E-state index in [-0.39, 0.29) is 17.5 Å². The molecule has 1 aromatic carbocycles. The van der Waals surface area contributed by atoms with Crippen LogP contribution in [-0.2, 0) is 0 Å². The molecule has 0 bridgehead atoms. The molecule has 0 aliphatic heterocycles. The fourth-order valence-corrected chi connectivity index (χ4v) is 1.83. The van der Waals surface area contributed by atoms with Gasteiger partial charge in [-0.05, 0) is 32.0 Å². The van der Waals surface area contributed by atoms with E-state index in [2.05, 4.69) is 15.5 Å². The van der Waals surface area contributed by atoms with E-state index in [4.69, 9.17) is 4.42 Å². The van der Waals surface area contributed by atoms with E-state index < -0.39 is 11.6 Å². The van der Waals surface area contributed by atoms with Gasteiger partial charge >= 0.3 is 0 Å². The summed E-state index contributed by atoms with van der Waals surface area (Å²) in [5.74, 6) is -1.20. The van der Waals surface area contributed by atoms with Crippen LogP contribution in [0.2, 0.25) is 0 Å². The van der Waals surface area contributed by atoms with Crippen molar-refractivity contribution >= 4 is 0 Å². The molecule has 2 aromatic rings. The standard InChI is InChI=1S/C13H15F2N3O/c1-4-9(16-3)12-17-18-13(19-12)10-8(14)6-5-7(2)11(10)15/h5-6,9,16H,4H2,1-3H3. The third-order valence-electron chi connectivity index (χ3n) is 2.99. The first-order valence-electron chi connectivity index (χ1n) is 6.04. The lowest BCUT2D eigenvalue weighted by Crippen LogP contribution is -2.15. The summed E-state index contributed by atoms with van der Waals surface area (Å²) in [5.41, 5.74) is 0.0570. The van der Waals surface area contributed by atoms with E-state index >= 15 is 0 Å². The molecule has 0 amide bonds. The average molecular weight is 267 g/mol. The highest BCUT2D eigenvalue weighted by Gasteiger charge is 2.21. The molecule has 1 atom stereocenters. The third kappa shape index (κ3) is 2.49. The van der Waals surface area contributed by atoms with Crippen LogP contribution in [0.25, 0.3) is 11.5 Å². The molecule has 19 heavy (non-hydrogen) atoms. The molecule has 2 rings (SSSR count). The van der Waals surface area contributed by atoms with Gasteiger partial charge in [-0.15, -0.1) is 10.2 Å². The lowest BCUT2D eigenvalue weighted by atomic mass is 10.1. The number of nitrogens with zero attached hydrogens (tertiary/aromatic N) is 2. The normalized spacial score (nSPS) is 12.7. The maximum Gasteiger partial charge on any atom is 0.253 e. The van der Waals surface area contributed by atoms with Crippen LogP contribution in [0.15, 0.2) is 16.5 Å². The minimum absolute atomic E-state index is 0.128. The number of hydrogen-bond acceptors (Lipinski definition) is 4. The van der Waals surface area contributed by atoms with Crippen LogP contribution in [-0.4, -0.2) is 17.2 Å². The molecule has 102 valence electrons. The predicted octanol–water partition coefficient (Wildman–Crippen LogP) is 2.99. The Hall–Kier alpha value is -1.82. The number of hydrogen-bond donors (Lipinski definition) is 1. The Morgan fingerprint density at radius 3 is 2.68 bits per heavy atom. The second kappa shape index (κ2) is 5.44. The van der Waals surface area contributed by atoms with Gasteiger partial charge in [-0.25, -0.2) is 8.78 Å². The SMILES string of the molecule is CCC(NC)c1nnc(-c2c(F)ccc(C)c2F)o1. The Balaban J connectivity index is 2.46. The highest BCUT2D eigenvalue weighted by atomic mass is 19.1. The van der Waals surface area contributed by atoms with Gasteiger partial charge in [0.1, 0.15) is 17.2 Å². The Labute approximate surface area is 109 Å². The van der Waals surface area contributed by atoms with Crippen LogP contribution in [0.3, 0.4) is 0 Å². The quantitative estimate of drug-likeness (QED) is 0.925. The molecule has 1 unspecified atom stereocenters. The molecule has 0 fully saturated rings. The Morgan fingerprint density at radius 2 is 2.05 bits per heavy atom. The molecule has 4 nitrogen and oxygen atoms in total. The van der Waals surface area contributed by atoms with Crippen LogP contribution in [0.1, 0.15) is 30.8 Å². The summed E-state index contributed by atoms with van der Waals surface area (Å²) in [7, 11) is 1.76. The van der Waals surface area contributed by atoms with Crippen LogP contribution in [0.4, 0.5) is 8.78 Å².